The van der Waals surface area contributed by atoms with E-state index >= 15 is 0 Å². The van der Waals surface area contributed by atoms with Gasteiger partial charge in [0.1, 0.15) is 12.6 Å². The van der Waals surface area contributed by atoms with E-state index in [9.17, 15) is 18.4 Å². The molecule has 1 aliphatic carbocycles. The molecular formula is C25H28F2N4O3. The van der Waals surface area contributed by atoms with Crippen molar-refractivity contribution in [3.05, 3.63) is 65.5 Å². The third-order valence-corrected chi connectivity index (χ3v) is 7.30. The maximum Gasteiger partial charge on any atom is 0.418 e. The van der Waals surface area contributed by atoms with Crippen molar-refractivity contribution >= 4 is 12.1 Å². The molecule has 3 heterocycles. The van der Waals surface area contributed by atoms with E-state index in [1.54, 1.807) is 0 Å². The summed E-state index contributed by atoms with van der Waals surface area (Å²) in [5, 5.41) is 2.96. The van der Waals surface area contributed by atoms with Gasteiger partial charge in [-0.25, -0.2) is 23.3 Å². The van der Waals surface area contributed by atoms with Crippen molar-refractivity contribution in [3.8, 4) is 0 Å². The number of amides is 3. The first-order valence-corrected chi connectivity index (χ1v) is 11.9. The van der Waals surface area contributed by atoms with Crippen LogP contribution < -0.4 is 5.32 Å². The van der Waals surface area contributed by atoms with E-state index in [-0.39, 0.29) is 12.6 Å². The van der Waals surface area contributed by atoms with Crippen LogP contribution >= 0.6 is 0 Å². The quantitative estimate of drug-likeness (QED) is 0.719. The van der Waals surface area contributed by atoms with Crippen molar-refractivity contribution in [2.24, 2.45) is 0 Å². The molecule has 1 N–H and O–H groups in total. The average Bonchev–Trinajstić information content (AvgIpc) is 3.48. The highest BCUT2D eigenvalue weighted by Gasteiger charge is 2.41. The number of imide groups is 1. The third-order valence-electron chi connectivity index (χ3n) is 7.30. The number of cyclic esters (lactones) is 1. The number of urea groups is 1. The highest BCUT2D eigenvalue weighted by Crippen LogP contribution is 2.33. The Labute approximate surface area is 197 Å². The van der Waals surface area contributed by atoms with Gasteiger partial charge in [0.25, 0.3) is 0 Å². The lowest BCUT2D eigenvalue weighted by Crippen LogP contribution is -2.46. The first-order chi connectivity index (χ1) is 16.5. The Morgan fingerprint density at radius 3 is 2.62 bits per heavy atom. The maximum absolute atomic E-state index is 13.7. The fourth-order valence-electron chi connectivity index (χ4n) is 5.45. The van der Waals surface area contributed by atoms with Crippen LogP contribution in [-0.2, 0) is 4.74 Å². The number of piperidine rings is 1. The molecule has 180 valence electrons. The van der Waals surface area contributed by atoms with Gasteiger partial charge in [-0.05, 0) is 75.0 Å². The van der Waals surface area contributed by atoms with Gasteiger partial charge in [-0.3, -0.25) is 4.98 Å². The third kappa shape index (κ3) is 4.61. The Balaban J connectivity index is 1.16. The van der Waals surface area contributed by atoms with E-state index < -0.39 is 29.8 Å². The molecule has 3 aliphatic rings. The van der Waals surface area contributed by atoms with Crippen LogP contribution in [-0.4, -0.2) is 58.7 Å². The molecule has 3 atom stereocenters. The van der Waals surface area contributed by atoms with Crippen LogP contribution in [0.15, 0.2) is 42.6 Å². The minimum absolute atomic E-state index is 0.0509. The van der Waals surface area contributed by atoms with Gasteiger partial charge < -0.3 is 15.0 Å². The van der Waals surface area contributed by atoms with Crippen LogP contribution in [0, 0.1) is 11.6 Å². The number of hydrogen-bond donors (Lipinski definition) is 1. The van der Waals surface area contributed by atoms with Crippen LogP contribution in [0.2, 0.25) is 0 Å². The molecule has 3 fully saturated rings. The van der Waals surface area contributed by atoms with E-state index in [0.717, 1.165) is 67.9 Å². The number of carbonyl (C=O) groups is 2. The molecule has 2 aromatic rings. The number of aromatic nitrogens is 1. The standard InChI is InChI=1S/C25H28F2N4O3/c26-20-7-4-17(13-21(20)27)23-15-34-25(33)31(23)24(32)29-18-5-6-19(14-18)30-11-8-16(9-12-30)22-3-1-2-10-28-22/h1-4,7,10,13,16,18-19,23H,5-6,8-9,11-12,14-15H2,(H,29,32)/t18-,19+,23-/m1/s1. The number of ether oxygens (including phenoxy) is 1. The van der Waals surface area contributed by atoms with Gasteiger partial charge in [0.05, 0.1) is 0 Å². The molecule has 0 bridgehead atoms. The van der Waals surface area contributed by atoms with Crippen LogP contribution in [0.25, 0.3) is 0 Å². The van der Waals surface area contributed by atoms with Crippen LogP contribution in [0.1, 0.15) is 55.3 Å². The van der Waals surface area contributed by atoms with Gasteiger partial charge in [-0.15, -0.1) is 0 Å². The Morgan fingerprint density at radius 1 is 1.06 bits per heavy atom. The van der Waals surface area contributed by atoms with E-state index in [2.05, 4.69) is 21.3 Å². The van der Waals surface area contributed by atoms with Crippen molar-refractivity contribution in [3.63, 3.8) is 0 Å². The Kier molecular flexibility index (Phi) is 6.45. The SMILES string of the molecule is O=C(N[C@@H]1CC[C@H](N2CCC(c3ccccn3)CC2)C1)N1C(=O)OC[C@@H]1c1ccc(F)c(F)c1. The number of pyridine rings is 1. The number of nitrogens with one attached hydrogen (secondary N) is 1. The van der Waals surface area contributed by atoms with Gasteiger partial charge in [-0.1, -0.05) is 12.1 Å². The smallest absolute Gasteiger partial charge is 0.418 e. The zero-order valence-electron chi connectivity index (χ0n) is 18.8. The van der Waals surface area contributed by atoms with Crippen LogP contribution in [0.3, 0.4) is 0 Å². The Hall–Kier alpha value is -3.07. The van der Waals surface area contributed by atoms with Crippen molar-refractivity contribution in [2.75, 3.05) is 19.7 Å². The lowest BCUT2D eigenvalue weighted by atomic mass is 9.92. The maximum atomic E-state index is 13.7. The Bertz CT molecular complexity index is 1050. The summed E-state index contributed by atoms with van der Waals surface area (Å²) in [5.74, 6) is -1.52. The molecule has 2 aliphatic heterocycles. The number of rotatable bonds is 4. The van der Waals surface area contributed by atoms with E-state index in [1.165, 1.54) is 6.07 Å². The van der Waals surface area contributed by atoms with Crippen molar-refractivity contribution in [1.82, 2.24) is 20.1 Å². The largest absolute Gasteiger partial charge is 0.446 e. The monoisotopic (exact) mass is 470 g/mol. The summed E-state index contributed by atoms with van der Waals surface area (Å²) in [5.41, 5.74) is 1.48. The van der Waals surface area contributed by atoms with Gasteiger partial charge >= 0.3 is 12.1 Å². The van der Waals surface area contributed by atoms with Crippen molar-refractivity contribution in [1.29, 1.82) is 0 Å². The molecule has 1 saturated carbocycles. The van der Waals surface area contributed by atoms with Gasteiger partial charge in [-0.2, -0.15) is 0 Å². The topological polar surface area (TPSA) is 74.8 Å². The predicted octanol–water partition coefficient (Wildman–Crippen LogP) is 4.36. The Morgan fingerprint density at radius 2 is 1.88 bits per heavy atom. The molecule has 7 nitrogen and oxygen atoms in total. The highest BCUT2D eigenvalue weighted by molar-refractivity contribution is 5.92. The van der Waals surface area contributed by atoms with E-state index in [1.807, 2.05) is 18.3 Å². The van der Waals surface area contributed by atoms with Crippen molar-refractivity contribution < 1.29 is 23.1 Å². The second-order valence-corrected chi connectivity index (χ2v) is 9.31. The minimum atomic E-state index is -1.03. The molecule has 0 spiro atoms. The van der Waals surface area contributed by atoms with Gasteiger partial charge in [0, 0.05) is 29.9 Å². The first kappa shape index (κ1) is 22.7. The van der Waals surface area contributed by atoms with Crippen LogP contribution in [0.5, 0.6) is 0 Å². The second kappa shape index (κ2) is 9.66. The number of nitrogens with zero attached hydrogens (tertiary/aromatic N) is 3. The summed E-state index contributed by atoms with van der Waals surface area (Å²) in [7, 11) is 0. The normalized spacial score (nSPS) is 26.0. The van der Waals surface area contributed by atoms with Crippen molar-refractivity contribution in [2.45, 2.75) is 56.1 Å². The number of halogens is 2. The second-order valence-electron chi connectivity index (χ2n) is 9.31. The molecular weight excluding hydrogens is 442 g/mol. The lowest BCUT2D eigenvalue weighted by molar-refractivity contribution is 0.149. The molecule has 0 radical (unpaired) electrons. The number of benzene rings is 1. The molecule has 9 heteroatoms. The number of hydrogen-bond acceptors (Lipinski definition) is 5. The molecule has 5 rings (SSSR count). The first-order valence-electron chi connectivity index (χ1n) is 11.9. The predicted molar refractivity (Wildman–Crippen MR) is 120 cm³/mol. The van der Waals surface area contributed by atoms with E-state index in [0.29, 0.717) is 17.5 Å². The zero-order valence-corrected chi connectivity index (χ0v) is 18.8. The fourth-order valence-corrected chi connectivity index (χ4v) is 5.45. The summed E-state index contributed by atoms with van der Waals surface area (Å²) in [6.45, 7) is 1.92. The lowest BCUT2D eigenvalue weighted by Gasteiger charge is -2.36. The van der Waals surface area contributed by atoms with E-state index in [4.69, 9.17) is 4.74 Å². The minimum Gasteiger partial charge on any atom is -0.446 e. The van der Waals surface area contributed by atoms with Crippen LogP contribution in [0.4, 0.5) is 18.4 Å². The molecule has 34 heavy (non-hydrogen) atoms. The average molecular weight is 471 g/mol. The van der Waals surface area contributed by atoms with Gasteiger partial charge in [0.2, 0.25) is 0 Å². The zero-order chi connectivity index (χ0) is 23.7. The summed E-state index contributed by atoms with van der Waals surface area (Å²) in [4.78, 5) is 33.2. The highest BCUT2D eigenvalue weighted by atomic mass is 19.2. The molecule has 1 aromatic carbocycles. The number of likely N-dealkylation sites (tertiary alicyclic amines) is 1. The van der Waals surface area contributed by atoms with Gasteiger partial charge in [0.15, 0.2) is 11.6 Å². The summed E-state index contributed by atoms with van der Waals surface area (Å²) in [6.07, 6.45) is 5.84. The molecule has 0 unspecified atom stereocenters. The fraction of sp³-hybridized carbons (Fsp3) is 0.480. The number of carbonyl (C=O) groups excluding carboxylic acids is 2. The molecule has 2 saturated heterocycles. The molecule has 3 amide bonds. The summed E-state index contributed by atoms with van der Waals surface area (Å²) < 4.78 is 32.1. The summed E-state index contributed by atoms with van der Waals surface area (Å²) >= 11 is 0. The molecule has 1 aromatic heterocycles. The summed E-state index contributed by atoms with van der Waals surface area (Å²) in [6, 6.07) is 8.42.